The predicted molar refractivity (Wildman–Crippen MR) is 104 cm³/mol. The van der Waals surface area contributed by atoms with Crippen LogP contribution >= 0.6 is 11.3 Å². The molecule has 1 aliphatic heterocycles. The largest absolute Gasteiger partial charge is 0.449 e. The maximum atomic E-state index is 12.9. The van der Waals surface area contributed by atoms with Crippen molar-refractivity contribution in [3.8, 4) is 5.75 Å². The van der Waals surface area contributed by atoms with Gasteiger partial charge in [0, 0.05) is 29.3 Å². The van der Waals surface area contributed by atoms with Crippen molar-refractivity contribution in [2.75, 3.05) is 23.7 Å². The Morgan fingerprint density at radius 1 is 1.38 bits per heavy atom. The Bertz CT molecular complexity index is 844. The molecule has 0 aliphatic carbocycles. The van der Waals surface area contributed by atoms with Crippen molar-refractivity contribution in [1.82, 2.24) is 5.32 Å². The van der Waals surface area contributed by atoms with Gasteiger partial charge in [-0.1, -0.05) is 19.9 Å². The summed E-state index contributed by atoms with van der Waals surface area (Å²) in [6.45, 7) is 4.51. The number of carbonyl (C=O) groups is 2. The summed E-state index contributed by atoms with van der Waals surface area (Å²) < 4.78 is 5.77. The Morgan fingerprint density at radius 2 is 2.19 bits per heavy atom. The lowest BCUT2D eigenvalue weighted by Gasteiger charge is -2.30. The van der Waals surface area contributed by atoms with Crippen LogP contribution in [0.2, 0.25) is 0 Å². The summed E-state index contributed by atoms with van der Waals surface area (Å²) in [4.78, 5) is 27.5. The van der Waals surface area contributed by atoms with Gasteiger partial charge in [0.25, 0.3) is 5.91 Å². The molecule has 7 heteroatoms. The van der Waals surface area contributed by atoms with E-state index < -0.39 is 0 Å². The lowest BCUT2D eigenvalue weighted by molar-refractivity contribution is -0.123. The molecule has 0 saturated heterocycles. The van der Waals surface area contributed by atoms with E-state index in [9.17, 15) is 9.59 Å². The number of thiophene rings is 1. The number of benzene rings is 1. The van der Waals surface area contributed by atoms with Gasteiger partial charge in [0.2, 0.25) is 5.91 Å². The van der Waals surface area contributed by atoms with Crippen LogP contribution in [0.5, 0.6) is 5.75 Å². The number of carbonyl (C=O) groups excluding carboxylic acids is 2. The zero-order valence-electron chi connectivity index (χ0n) is 14.7. The minimum Gasteiger partial charge on any atom is -0.449 e. The van der Waals surface area contributed by atoms with Crippen LogP contribution in [0.3, 0.4) is 0 Å². The Hall–Kier alpha value is -2.80. The molecule has 0 radical (unpaired) electrons. The van der Waals surface area contributed by atoms with Gasteiger partial charge in [-0.3, -0.25) is 14.5 Å². The molecule has 2 heterocycles. The van der Waals surface area contributed by atoms with Crippen molar-refractivity contribution in [3.05, 3.63) is 46.3 Å². The van der Waals surface area contributed by atoms with E-state index in [1.54, 1.807) is 24.3 Å². The lowest BCUT2D eigenvalue weighted by Crippen LogP contribution is -2.44. The number of hydrogen-bond donors (Lipinski definition) is 2. The first-order valence-electron chi connectivity index (χ1n) is 8.35. The fraction of sp³-hybridized carbons (Fsp3) is 0.263. The molecule has 26 heavy (non-hydrogen) atoms. The minimum absolute atomic E-state index is 0.0758. The molecular formula is C19H21N3O3S. The SMILES string of the molecule is CC(C)CNC(=O)CN1C(=O)/C(=C\c2cccs2)Oc2cc(N)ccc21. The zero-order valence-corrected chi connectivity index (χ0v) is 15.5. The van der Waals surface area contributed by atoms with E-state index >= 15 is 0 Å². The monoisotopic (exact) mass is 371 g/mol. The van der Waals surface area contributed by atoms with Gasteiger partial charge >= 0.3 is 0 Å². The second-order valence-corrected chi connectivity index (χ2v) is 7.42. The number of rotatable bonds is 5. The highest BCUT2D eigenvalue weighted by molar-refractivity contribution is 7.10. The zero-order chi connectivity index (χ0) is 18.7. The Balaban J connectivity index is 1.90. The van der Waals surface area contributed by atoms with Crippen LogP contribution in [-0.4, -0.2) is 24.9 Å². The smallest absolute Gasteiger partial charge is 0.294 e. The average molecular weight is 371 g/mol. The van der Waals surface area contributed by atoms with E-state index in [0.717, 1.165) is 4.88 Å². The summed E-state index contributed by atoms with van der Waals surface area (Å²) in [5.74, 6) is 0.398. The number of nitrogen functional groups attached to an aromatic ring is 1. The molecule has 1 aromatic heterocycles. The molecule has 2 aromatic rings. The fourth-order valence-electron chi connectivity index (χ4n) is 2.51. The van der Waals surface area contributed by atoms with Crippen molar-refractivity contribution < 1.29 is 14.3 Å². The molecular weight excluding hydrogens is 350 g/mol. The third-order valence-electron chi connectivity index (χ3n) is 3.78. The first-order chi connectivity index (χ1) is 12.4. The molecule has 1 aliphatic rings. The Morgan fingerprint density at radius 3 is 2.88 bits per heavy atom. The second-order valence-electron chi connectivity index (χ2n) is 6.44. The first kappa shape index (κ1) is 18.0. The molecule has 136 valence electrons. The minimum atomic E-state index is -0.352. The maximum absolute atomic E-state index is 12.9. The molecule has 2 amide bonds. The molecule has 3 N–H and O–H groups in total. The van der Waals surface area contributed by atoms with Gasteiger partial charge in [0.15, 0.2) is 11.5 Å². The van der Waals surface area contributed by atoms with Crippen LogP contribution in [0.15, 0.2) is 41.5 Å². The number of nitrogens with zero attached hydrogens (tertiary/aromatic N) is 1. The number of anilines is 2. The van der Waals surface area contributed by atoms with Crippen molar-refractivity contribution in [2.24, 2.45) is 5.92 Å². The van der Waals surface area contributed by atoms with E-state index in [1.807, 2.05) is 31.4 Å². The molecule has 6 nitrogen and oxygen atoms in total. The fourth-order valence-corrected chi connectivity index (χ4v) is 3.15. The van der Waals surface area contributed by atoms with E-state index in [2.05, 4.69) is 5.32 Å². The van der Waals surface area contributed by atoms with Crippen LogP contribution in [0.25, 0.3) is 6.08 Å². The summed E-state index contributed by atoms with van der Waals surface area (Å²) in [6, 6.07) is 8.82. The third-order valence-corrected chi connectivity index (χ3v) is 4.60. The predicted octanol–water partition coefficient (Wildman–Crippen LogP) is 2.87. The van der Waals surface area contributed by atoms with Crippen LogP contribution in [0.4, 0.5) is 11.4 Å². The molecule has 0 fully saturated rings. The van der Waals surface area contributed by atoms with Gasteiger partial charge in [-0.25, -0.2) is 0 Å². The lowest BCUT2D eigenvalue weighted by atomic mass is 10.2. The van der Waals surface area contributed by atoms with Crippen molar-refractivity contribution in [2.45, 2.75) is 13.8 Å². The average Bonchev–Trinajstić information content (AvgIpc) is 3.09. The number of nitrogens with two attached hydrogens (primary N) is 1. The van der Waals surface area contributed by atoms with Crippen LogP contribution in [0, 0.1) is 5.92 Å². The summed E-state index contributed by atoms with van der Waals surface area (Å²) in [6.07, 6.45) is 1.68. The number of hydrogen-bond acceptors (Lipinski definition) is 5. The van der Waals surface area contributed by atoms with Crippen molar-refractivity contribution in [1.29, 1.82) is 0 Å². The van der Waals surface area contributed by atoms with E-state index in [-0.39, 0.29) is 24.1 Å². The van der Waals surface area contributed by atoms with Gasteiger partial charge in [-0.05, 0) is 29.5 Å². The summed E-state index contributed by atoms with van der Waals surface area (Å²) in [5, 5.41) is 4.76. The van der Waals surface area contributed by atoms with E-state index in [4.69, 9.17) is 10.5 Å². The first-order valence-corrected chi connectivity index (χ1v) is 9.23. The van der Waals surface area contributed by atoms with Gasteiger partial charge < -0.3 is 15.8 Å². The third kappa shape index (κ3) is 4.05. The van der Waals surface area contributed by atoms with Crippen molar-refractivity contribution in [3.63, 3.8) is 0 Å². The summed E-state index contributed by atoms with van der Waals surface area (Å²) >= 11 is 1.50. The number of nitrogens with one attached hydrogen (secondary N) is 1. The van der Waals surface area contributed by atoms with Crippen LogP contribution in [-0.2, 0) is 9.59 Å². The highest BCUT2D eigenvalue weighted by Crippen LogP contribution is 2.37. The quantitative estimate of drug-likeness (QED) is 0.625. The highest BCUT2D eigenvalue weighted by atomic mass is 32.1. The normalized spacial score (nSPS) is 15.1. The van der Waals surface area contributed by atoms with Gasteiger partial charge in [-0.15, -0.1) is 11.3 Å². The number of amides is 2. The second kappa shape index (κ2) is 7.61. The van der Waals surface area contributed by atoms with Crippen LogP contribution < -0.4 is 20.7 Å². The van der Waals surface area contributed by atoms with Gasteiger partial charge in [0.05, 0.1) is 5.69 Å². The Labute approximate surface area is 156 Å². The van der Waals surface area contributed by atoms with Gasteiger partial charge in [-0.2, -0.15) is 0 Å². The number of ether oxygens (including phenoxy) is 1. The van der Waals surface area contributed by atoms with Gasteiger partial charge in [0.1, 0.15) is 6.54 Å². The van der Waals surface area contributed by atoms with E-state index in [1.165, 1.54) is 16.2 Å². The summed E-state index contributed by atoms with van der Waals surface area (Å²) in [5.41, 5.74) is 6.91. The molecule has 3 rings (SSSR count). The molecule has 0 unspecified atom stereocenters. The molecule has 0 saturated carbocycles. The van der Waals surface area contributed by atoms with Crippen LogP contribution in [0.1, 0.15) is 18.7 Å². The highest BCUT2D eigenvalue weighted by Gasteiger charge is 2.32. The molecule has 0 bridgehead atoms. The standard InChI is InChI=1S/C19H21N3O3S/c1-12(2)10-21-18(23)11-22-15-6-5-13(20)8-16(15)25-17(19(22)24)9-14-4-3-7-26-14/h3-9,12H,10-11,20H2,1-2H3,(H,21,23)/b17-9+. The summed E-state index contributed by atoms with van der Waals surface area (Å²) in [7, 11) is 0. The maximum Gasteiger partial charge on any atom is 0.294 e. The van der Waals surface area contributed by atoms with E-state index in [0.29, 0.717) is 29.6 Å². The van der Waals surface area contributed by atoms with Crippen molar-refractivity contribution >= 4 is 40.6 Å². The molecule has 1 aromatic carbocycles. The topological polar surface area (TPSA) is 84.7 Å². The number of fused-ring (bicyclic) bond motifs is 1. The molecule has 0 spiro atoms. The molecule has 0 atom stereocenters. The Kier molecular flexibility index (Phi) is 5.27.